The van der Waals surface area contributed by atoms with Crippen molar-refractivity contribution in [2.24, 2.45) is 22.7 Å². The Morgan fingerprint density at radius 3 is 1.11 bits per heavy atom. The number of rotatable bonds is 12. The summed E-state index contributed by atoms with van der Waals surface area (Å²) in [7, 11) is 0. The molecule has 0 radical (unpaired) electrons. The Balaban J connectivity index is 0.00000578. The van der Waals surface area contributed by atoms with Gasteiger partial charge >= 0.3 is 220 Å². The molecule has 0 spiro atoms. The second-order valence-corrected chi connectivity index (χ2v) is 15.7. The van der Waals surface area contributed by atoms with Gasteiger partial charge in [-0.1, -0.05) is 0 Å². The van der Waals surface area contributed by atoms with Crippen molar-refractivity contribution in [3.05, 3.63) is 40.0 Å². The fourth-order valence-corrected chi connectivity index (χ4v) is 12.7. The van der Waals surface area contributed by atoms with E-state index < -0.39 is 23.2 Å². The van der Waals surface area contributed by atoms with Gasteiger partial charge in [-0.3, -0.25) is 0 Å². The Kier molecular flexibility index (Phi) is 14.7. The van der Waals surface area contributed by atoms with E-state index in [4.69, 9.17) is 0 Å². The molecule has 0 aromatic rings. The van der Waals surface area contributed by atoms with E-state index in [2.05, 4.69) is 83.1 Å². The topological polar surface area (TPSA) is 0 Å². The van der Waals surface area contributed by atoms with Crippen LogP contribution in [0.4, 0.5) is 0 Å². The van der Waals surface area contributed by atoms with Crippen molar-refractivity contribution in [3.8, 4) is 0 Å². The summed E-state index contributed by atoms with van der Waals surface area (Å²) < 4.78 is 3.86. The van der Waals surface area contributed by atoms with Gasteiger partial charge in [-0.05, 0) is 0 Å². The summed E-state index contributed by atoms with van der Waals surface area (Å²) in [6.45, 7) is 29.3. The molecule has 0 unspecified atom stereocenters. The third-order valence-corrected chi connectivity index (χ3v) is 12.8. The number of allylic oxidation sites excluding steroid dienone is 8. The first-order valence-electron chi connectivity index (χ1n) is 14.0. The van der Waals surface area contributed by atoms with Crippen LogP contribution >= 0.6 is 0 Å². The van der Waals surface area contributed by atoms with Gasteiger partial charge in [0.2, 0.25) is 0 Å². The Labute approximate surface area is 243 Å². The summed E-state index contributed by atoms with van der Waals surface area (Å²) in [6, 6.07) is 0. The van der Waals surface area contributed by atoms with E-state index in [1.807, 2.05) is 17.7 Å². The maximum Gasteiger partial charge on any atom is -1.00 e. The normalized spacial score (nSPS) is 17.1. The summed E-state index contributed by atoms with van der Waals surface area (Å²) in [4.78, 5) is 0. The summed E-state index contributed by atoms with van der Waals surface area (Å²) in [5.74, 6) is 1.51. The van der Waals surface area contributed by atoms with E-state index in [9.17, 15) is 0 Å². The van der Waals surface area contributed by atoms with Gasteiger partial charge in [0.05, 0.1) is 0 Å². The monoisotopic (exact) mass is 598 g/mol. The van der Waals surface area contributed by atoms with Crippen molar-refractivity contribution in [2.75, 3.05) is 0 Å². The molecule has 2 aliphatic rings. The average molecular weight is 601 g/mol. The van der Waals surface area contributed by atoms with Gasteiger partial charge in [-0.15, -0.1) is 0 Å². The molecule has 0 aliphatic heterocycles. The predicted molar refractivity (Wildman–Crippen MR) is 145 cm³/mol. The minimum absolute atomic E-state index is 0. The van der Waals surface area contributed by atoms with E-state index in [0.717, 1.165) is 11.8 Å². The average Bonchev–Trinajstić information content (AvgIpc) is 3.19. The van der Waals surface area contributed by atoms with E-state index in [-0.39, 0.29) is 24.8 Å². The molecule has 2 aliphatic carbocycles. The van der Waals surface area contributed by atoms with Gasteiger partial charge in [0.25, 0.3) is 0 Å². The molecular weight excluding hydrogens is 546 g/mol. The molecular formula is C32H54Cl2Zr. The van der Waals surface area contributed by atoms with Crippen molar-refractivity contribution >= 4 is 0 Å². The molecule has 35 heavy (non-hydrogen) atoms. The minimum atomic E-state index is -0.816. The molecule has 0 atom stereocenters. The second-order valence-electron chi connectivity index (χ2n) is 12.2. The van der Waals surface area contributed by atoms with E-state index >= 15 is 0 Å². The number of hydrogen-bond acceptors (Lipinski definition) is 0. The molecule has 0 saturated carbocycles. The smallest absolute Gasteiger partial charge is 1.00 e. The molecule has 0 bridgehead atoms. The van der Waals surface area contributed by atoms with Crippen LogP contribution in [0, 0.1) is 22.7 Å². The molecule has 0 amide bonds. The third kappa shape index (κ3) is 7.30. The summed E-state index contributed by atoms with van der Waals surface area (Å²) in [5.41, 5.74) is 11.1. The Hall–Kier alpha value is 0.423. The van der Waals surface area contributed by atoms with Crippen LogP contribution in [0.15, 0.2) is 40.0 Å². The van der Waals surface area contributed by atoms with Crippen LogP contribution < -0.4 is 24.8 Å². The molecule has 0 aromatic carbocycles. The zero-order valence-electron chi connectivity index (χ0n) is 25.1. The largest absolute Gasteiger partial charge is 1.00 e. The quantitative estimate of drug-likeness (QED) is 0.303. The van der Waals surface area contributed by atoms with Crippen molar-refractivity contribution in [1.29, 1.82) is 0 Å². The van der Waals surface area contributed by atoms with E-state index in [0.29, 0.717) is 10.8 Å². The van der Waals surface area contributed by atoms with Gasteiger partial charge in [0.15, 0.2) is 0 Å². The van der Waals surface area contributed by atoms with Crippen molar-refractivity contribution < 1.29 is 48.0 Å². The number of hydrogen-bond donors (Lipinski definition) is 0. The van der Waals surface area contributed by atoms with Crippen LogP contribution in [0.25, 0.3) is 0 Å². The molecule has 0 saturated heterocycles. The van der Waals surface area contributed by atoms with Gasteiger partial charge in [-0.25, -0.2) is 0 Å². The molecule has 0 N–H and O–H groups in total. The predicted octanol–water partition coefficient (Wildman–Crippen LogP) is 4.77. The first-order chi connectivity index (χ1) is 15.4. The summed E-state index contributed by atoms with van der Waals surface area (Å²) in [5, 5.41) is 0. The van der Waals surface area contributed by atoms with Gasteiger partial charge in [0.1, 0.15) is 0 Å². The minimum Gasteiger partial charge on any atom is -1.00 e. The fraction of sp³-hybridized carbons (Fsp3) is 0.750. The van der Waals surface area contributed by atoms with E-state index in [1.165, 1.54) is 51.4 Å². The summed E-state index contributed by atoms with van der Waals surface area (Å²) in [6.07, 6.45) is 10.4. The molecule has 0 heterocycles. The van der Waals surface area contributed by atoms with Crippen LogP contribution in [0.5, 0.6) is 0 Å². The zero-order chi connectivity index (χ0) is 25.1. The van der Waals surface area contributed by atoms with Gasteiger partial charge in [0, 0.05) is 0 Å². The molecule has 3 heteroatoms. The summed E-state index contributed by atoms with van der Waals surface area (Å²) >= 11 is -0.816. The Morgan fingerprint density at radius 1 is 0.600 bits per heavy atom. The molecule has 200 valence electrons. The van der Waals surface area contributed by atoms with Crippen LogP contribution in [0.3, 0.4) is 0 Å². The molecule has 0 fully saturated rings. The van der Waals surface area contributed by atoms with Gasteiger partial charge < -0.3 is 24.8 Å². The van der Waals surface area contributed by atoms with Gasteiger partial charge in [-0.2, -0.15) is 0 Å². The van der Waals surface area contributed by atoms with Crippen molar-refractivity contribution in [1.82, 2.24) is 0 Å². The van der Waals surface area contributed by atoms with Crippen LogP contribution in [0.2, 0.25) is 0 Å². The van der Waals surface area contributed by atoms with Crippen LogP contribution in [0.1, 0.15) is 134 Å². The van der Waals surface area contributed by atoms with Crippen molar-refractivity contribution in [3.63, 3.8) is 0 Å². The SMILES string of the molecule is CCC(CC)(CC(C)C)C1=[C]([Zr+2][C]2=C(C(CC)(CC)CC(C)C)C(C)=C(C)C2)CC(C)=C1C.[Cl-].[Cl-]. The van der Waals surface area contributed by atoms with E-state index in [1.54, 1.807) is 22.3 Å². The van der Waals surface area contributed by atoms with Crippen LogP contribution in [-0.2, 0) is 23.2 Å². The molecule has 0 nitrogen and oxygen atoms in total. The standard InChI is InChI=1S/2C16H27.2ClH.Zr/c2*1-7-16(8-2,11-12(3)4)15-10-9-13(5)14(15)6;;;/h2*12H,7-9,11H2,1-6H3;2*1H;/q;;;;+2/p-2. The fourth-order valence-electron chi connectivity index (χ4n) is 7.23. The van der Waals surface area contributed by atoms with Crippen LogP contribution in [-0.4, -0.2) is 0 Å². The second kappa shape index (κ2) is 14.5. The van der Waals surface area contributed by atoms with Crippen molar-refractivity contribution in [2.45, 2.75) is 134 Å². The first-order valence-corrected chi connectivity index (χ1v) is 16.4. The first kappa shape index (κ1) is 35.4. The maximum atomic E-state index is 2.46. The molecule has 0 aromatic heterocycles. The third-order valence-electron chi connectivity index (χ3n) is 9.19. The molecule has 2 rings (SSSR count). The maximum absolute atomic E-state index is 2.46. The Morgan fingerprint density at radius 2 is 0.886 bits per heavy atom. The Bertz CT molecular complexity index is 773. The number of halogens is 2. The zero-order valence-corrected chi connectivity index (χ0v) is 29.0.